The fourth-order valence-electron chi connectivity index (χ4n) is 1.66. The van der Waals surface area contributed by atoms with Gasteiger partial charge in [0.15, 0.2) is 6.21 Å². The zero-order chi connectivity index (χ0) is 12.3. The zero-order valence-corrected chi connectivity index (χ0v) is 11.0. The third-order valence-electron chi connectivity index (χ3n) is 2.91. The predicted octanol–water partition coefficient (Wildman–Crippen LogP) is 0.827. The summed E-state index contributed by atoms with van der Waals surface area (Å²) in [5, 5.41) is 11.5. The molecule has 0 aliphatic carbocycles. The summed E-state index contributed by atoms with van der Waals surface area (Å²) >= 11 is 0. The third-order valence-corrected chi connectivity index (χ3v) is 2.91. The van der Waals surface area contributed by atoms with E-state index in [0.29, 0.717) is 5.56 Å². The molecule has 1 N–H and O–H groups in total. The van der Waals surface area contributed by atoms with E-state index < -0.39 is 0 Å². The molecule has 0 amide bonds. The van der Waals surface area contributed by atoms with E-state index in [1.165, 1.54) is 11.1 Å². The number of hydrogen-bond donors (Lipinski definition) is 1. The van der Waals surface area contributed by atoms with Crippen LogP contribution in [0.2, 0.25) is 0 Å². The Labute approximate surface area is 120 Å². The molecule has 0 aliphatic rings. The summed E-state index contributed by atoms with van der Waals surface area (Å²) in [5.41, 5.74) is 4.15. The van der Waals surface area contributed by atoms with Gasteiger partial charge in [0.1, 0.15) is 0 Å². The van der Waals surface area contributed by atoms with Crippen molar-refractivity contribution >= 4 is 30.8 Å². The maximum atomic E-state index is 11.5. The van der Waals surface area contributed by atoms with Gasteiger partial charge in [-0.2, -0.15) is 0 Å². The Hall–Kier alpha value is -1.49. The molecule has 2 nitrogen and oxygen atoms in total. The van der Waals surface area contributed by atoms with E-state index in [2.05, 4.69) is 24.9 Å². The van der Waals surface area contributed by atoms with Gasteiger partial charge in [-0.25, -0.2) is 4.99 Å². The molecule has 0 heterocycles. The Morgan fingerprint density at radius 3 is 2.44 bits per heavy atom. The Kier molecular flexibility index (Phi) is 5.21. The predicted molar refractivity (Wildman–Crippen MR) is 73.3 cm³/mol. The zero-order valence-electron chi connectivity index (χ0n) is 11.0. The normalized spacial score (nSPS) is 10.3. The Morgan fingerprint density at radius 2 is 1.72 bits per heavy atom. The van der Waals surface area contributed by atoms with Gasteiger partial charge < -0.3 is 24.0 Å². The van der Waals surface area contributed by atoms with Crippen molar-refractivity contribution in [3.63, 3.8) is 0 Å². The van der Waals surface area contributed by atoms with E-state index >= 15 is 0 Å². The molecular formula is C15H15LiNO-. The summed E-state index contributed by atoms with van der Waals surface area (Å²) in [5.74, 6) is 0.0327. The van der Waals surface area contributed by atoms with Crippen LogP contribution in [0.25, 0.3) is 0 Å². The van der Waals surface area contributed by atoms with Crippen LogP contribution in [0.15, 0.2) is 42.5 Å². The molecule has 88 valence electrons. The Bertz CT molecular complexity index is 564. The molecule has 2 aromatic rings. The van der Waals surface area contributed by atoms with Crippen LogP contribution in [-0.4, -0.2) is 25.1 Å². The van der Waals surface area contributed by atoms with E-state index in [1.54, 1.807) is 24.4 Å². The van der Waals surface area contributed by atoms with Gasteiger partial charge in [0.2, 0.25) is 5.69 Å². The molecule has 3 heteroatoms. The molecule has 0 unspecified atom stereocenters. The van der Waals surface area contributed by atoms with Crippen molar-refractivity contribution in [2.24, 2.45) is 0 Å². The molecule has 2 rings (SSSR count). The first kappa shape index (κ1) is 14.6. The largest absolute Gasteiger partial charge is 1.00 e. The minimum atomic E-state index is 0. The summed E-state index contributed by atoms with van der Waals surface area (Å²) in [6.07, 6.45) is 1.75. The average Bonchev–Trinajstić information content (AvgIpc) is 2.33. The fourth-order valence-corrected chi connectivity index (χ4v) is 1.66. The molecule has 18 heavy (non-hydrogen) atoms. The van der Waals surface area contributed by atoms with Gasteiger partial charge in [-0.15, -0.1) is 0 Å². The van der Waals surface area contributed by atoms with Gasteiger partial charge in [0.05, 0.1) is 0 Å². The standard InChI is InChI=1S/C15H15NO.Li/c1-11-6-5-8-14(12(11)2)16-10-13-7-3-4-9-15(13)17;/h3-10,17H,1-2H3;/q;-1. The van der Waals surface area contributed by atoms with Gasteiger partial charge in [0, 0.05) is 17.2 Å². The van der Waals surface area contributed by atoms with Crippen molar-refractivity contribution in [3.8, 4) is 5.75 Å². The quantitative estimate of drug-likeness (QED) is 0.604. The minimum Gasteiger partial charge on any atom is -1.00 e. The Balaban J connectivity index is 0.00000162. The number of benzene rings is 2. The minimum absolute atomic E-state index is 0. The first-order valence-corrected chi connectivity index (χ1v) is 5.60. The number of nitrogens with one attached hydrogen (secondary N) is 1. The van der Waals surface area contributed by atoms with Crippen molar-refractivity contribution in [1.82, 2.24) is 0 Å². The molecule has 0 saturated carbocycles. The monoisotopic (exact) mass is 232 g/mol. The van der Waals surface area contributed by atoms with E-state index in [0.717, 1.165) is 5.69 Å². The van der Waals surface area contributed by atoms with Crippen LogP contribution in [0.4, 0.5) is 5.69 Å². The van der Waals surface area contributed by atoms with Crippen LogP contribution in [0.3, 0.4) is 0 Å². The number of aryl methyl sites for hydroxylation is 1. The van der Waals surface area contributed by atoms with E-state index in [4.69, 9.17) is 0 Å². The maximum absolute atomic E-state index is 11.5. The molecule has 0 spiro atoms. The molecule has 0 aliphatic heterocycles. The first-order chi connectivity index (χ1) is 8.18. The molecule has 0 fully saturated rings. The van der Waals surface area contributed by atoms with E-state index in [1.807, 2.05) is 18.2 Å². The molecule has 2 radical (unpaired) electrons. The molecule has 0 atom stereocenters. The average molecular weight is 232 g/mol. The van der Waals surface area contributed by atoms with Crippen LogP contribution < -0.4 is 10.1 Å². The Morgan fingerprint density at radius 1 is 1.00 bits per heavy atom. The van der Waals surface area contributed by atoms with Crippen molar-refractivity contribution in [3.05, 3.63) is 59.2 Å². The second-order valence-electron chi connectivity index (χ2n) is 4.07. The van der Waals surface area contributed by atoms with Gasteiger partial charge in [-0.3, -0.25) is 0 Å². The van der Waals surface area contributed by atoms with Crippen LogP contribution in [0, 0.1) is 13.8 Å². The number of hydrogen-bond acceptors (Lipinski definition) is 1. The van der Waals surface area contributed by atoms with Crippen LogP contribution in [-0.2, 0) is 0 Å². The van der Waals surface area contributed by atoms with Crippen molar-refractivity contribution in [1.29, 1.82) is 0 Å². The molecule has 0 aromatic heterocycles. The number of rotatable bonds is 2. The summed E-state index contributed by atoms with van der Waals surface area (Å²) < 4.78 is 0. The van der Waals surface area contributed by atoms with Crippen molar-refractivity contribution in [2.75, 3.05) is 0 Å². The summed E-state index contributed by atoms with van der Waals surface area (Å²) in [6.45, 7) is 4.14. The van der Waals surface area contributed by atoms with Gasteiger partial charge in [-0.05, 0) is 25.5 Å². The van der Waals surface area contributed by atoms with Gasteiger partial charge in [-0.1, -0.05) is 36.1 Å². The second kappa shape index (κ2) is 6.44. The van der Waals surface area contributed by atoms with E-state index in [-0.39, 0.29) is 24.6 Å². The first-order valence-electron chi connectivity index (χ1n) is 5.60. The van der Waals surface area contributed by atoms with Crippen LogP contribution >= 0.6 is 0 Å². The smallest absolute Gasteiger partial charge is 0.206 e. The third kappa shape index (κ3) is 3.26. The molecule has 0 bridgehead atoms. The van der Waals surface area contributed by atoms with Crippen molar-refractivity contribution in [2.45, 2.75) is 13.8 Å². The summed E-state index contributed by atoms with van der Waals surface area (Å²) in [4.78, 5) is 3.19. The van der Waals surface area contributed by atoms with Crippen LogP contribution in [0.1, 0.15) is 16.7 Å². The topological polar surface area (TPSA) is 37.0 Å². The van der Waals surface area contributed by atoms with Gasteiger partial charge in [0.25, 0.3) is 0 Å². The maximum Gasteiger partial charge on any atom is 0.206 e. The summed E-state index contributed by atoms with van der Waals surface area (Å²) in [7, 11) is 0. The molecule has 0 saturated heterocycles. The fraction of sp³-hybridized carbons (Fsp3) is 0.133. The van der Waals surface area contributed by atoms with Gasteiger partial charge >= 0.3 is 0 Å². The molecular weight excluding hydrogens is 217 g/mol. The molecule has 2 aromatic carbocycles. The SMILES string of the molecule is Cc1cccc([NH+]=Cc2ccccc2[O-])c1C.[Li-]. The van der Waals surface area contributed by atoms with Crippen LogP contribution in [0.5, 0.6) is 5.75 Å². The second-order valence-corrected chi connectivity index (χ2v) is 4.07. The van der Waals surface area contributed by atoms with E-state index in [9.17, 15) is 5.11 Å². The summed E-state index contributed by atoms with van der Waals surface area (Å²) in [6, 6.07) is 13.1. The number of para-hydroxylation sites is 1. The van der Waals surface area contributed by atoms with Crippen molar-refractivity contribution < 1.29 is 10.1 Å².